The van der Waals surface area contributed by atoms with Crippen LogP contribution in [0.3, 0.4) is 0 Å². The van der Waals surface area contributed by atoms with Gasteiger partial charge in [-0.1, -0.05) is 18.2 Å². The van der Waals surface area contributed by atoms with Crippen LogP contribution >= 0.6 is 0 Å². The van der Waals surface area contributed by atoms with Crippen molar-refractivity contribution in [2.45, 2.75) is 25.8 Å². The van der Waals surface area contributed by atoms with E-state index in [9.17, 15) is 4.79 Å². The minimum Gasteiger partial charge on any atom is -0.496 e. The maximum absolute atomic E-state index is 12.4. The van der Waals surface area contributed by atoms with Crippen molar-refractivity contribution in [3.63, 3.8) is 0 Å². The molecule has 0 spiro atoms. The van der Waals surface area contributed by atoms with E-state index in [0.717, 1.165) is 30.8 Å². The lowest BCUT2D eigenvalue weighted by Crippen LogP contribution is -2.31. The second kappa shape index (κ2) is 6.75. The molecule has 110 valence electrons. The van der Waals surface area contributed by atoms with E-state index in [1.54, 1.807) is 7.11 Å². The molecule has 1 N–H and O–H groups in total. The quantitative estimate of drug-likeness (QED) is 0.896. The lowest BCUT2D eigenvalue weighted by atomic mass is 10.0. The molecule has 0 bridgehead atoms. The number of ether oxygens (including phenoxy) is 1. The van der Waals surface area contributed by atoms with Gasteiger partial charge >= 0.3 is 0 Å². The number of para-hydroxylation sites is 1. The van der Waals surface area contributed by atoms with Crippen LogP contribution in [-0.2, 0) is 4.79 Å². The van der Waals surface area contributed by atoms with Crippen molar-refractivity contribution in [2.24, 2.45) is 5.92 Å². The maximum atomic E-state index is 12.4. The van der Waals surface area contributed by atoms with Crippen molar-refractivity contribution >= 4 is 5.91 Å². The van der Waals surface area contributed by atoms with E-state index < -0.39 is 0 Å². The Morgan fingerprint density at radius 1 is 1.50 bits per heavy atom. The third-order valence-corrected chi connectivity index (χ3v) is 4.19. The molecule has 0 aliphatic carbocycles. The largest absolute Gasteiger partial charge is 0.496 e. The van der Waals surface area contributed by atoms with E-state index in [4.69, 9.17) is 4.74 Å². The molecule has 4 nitrogen and oxygen atoms in total. The minimum absolute atomic E-state index is 0.0213. The molecule has 0 radical (unpaired) electrons. The van der Waals surface area contributed by atoms with E-state index >= 15 is 0 Å². The number of benzene rings is 1. The fraction of sp³-hybridized carbons (Fsp3) is 0.562. The SMILES string of the molecule is COc1ccccc1C(C)N(C)C(=O)CC1CCNC1. The van der Waals surface area contributed by atoms with Crippen molar-refractivity contribution < 1.29 is 9.53 Å². The first-order valence-corrected chi connectivity index (χ1v) is 7.22. The highest BCUT2D eigenvalue weighted by Gasteiger charge is 2.24. The molecule has 1 saturated heterocycles. The van der Waals surface area contributed by atoms with Gasteiger partial charge in [-0.3, -0.25) is 4.79 Å². The molecule has 1 aromatic rings. The molecule has 0 aromatic heterocycles. The van der Waals surface area contributed by atoms with Gasteiger partial charge in [-0.05, 0) is 38.4 Å². The second-order valence-corrected chi connectivity index (χ2v) is 5.49. The summed E-state index contributed by atoms with van der Waals surface area (Å²) in [4.78, 5) is 14.2. The Hall–Kier alpha value is -1.55. The fourth-order valence-electron chi connectivity index (χ4n) is 2.72. The van der Waals surface area contributed by atoms with Crippen molar-refractivity contribution in [3.05, 3.63) is 29.8 Å². The van der Waals surface area contributed by atoms with E-state index in [-0.39, 0.29) is 11.9 Å². The van der Waals surface area contributed by atoms with E-state index in [2.05, 4.69) is 5.32 Å². The molecular weight excluding hydrogens is 252 g/mol. The summed E-state index contributed by atoms with van der Waals surface area (Å²) in [7, 11) is 3.54. The Kier molecular flexibility index (Phi) is 5.01. The van der Waals surface area contributed by atoms with Crippen molar-refractivity contribution in [2.75, 3.05) is 27.2 Å². The van der Waals surface area contributed by atoms with E-state index in [1.807, 2.05) is 43.1 Å². The zero-order valence-corrected chi connectivity index (χ0v) is 12.6. The standard InChI is InChI=1S/C16H24N2O2/c1-12(14-6-4-5-7-15(14)20-3)18(2)16(19)10-13-8-9-17-11-13/h4-7,12-13,17H,8-11H2,1-3H3. The van der Waals surface area contributed by atoms with Gasteiger partial charge in [0.25, 0.3) is 0 Å². The third-order valence-electron chi connectivity index (χ3n) is 4.19. The maximum Gasteiger partial charge on any atom is 0.223 e. The summed E-state index contributed by atoms with van der Waals surface area (Å²) in [5.41, 5.74) is 1.05. The van der Waals surface area contributed by atoms with Crippen LogP contribution in [0.1, 0.15) is 31.4 Å². The number of carbonyl (C=O) groups excluding carboxylic acids is 1. The normalized spacial score (nSPS) is 19.6. The molecule has 1 aromatic carbocycles. The number of nitrogens with zero attached hydrogens (tertiary/aromatic N) is 1. The number of nitrogens with one attached hydrogen (secondary N) is 1. The molecule has 1 heterocycles. The van der Waals surface area contributed by atoms with Crippen LogP contribution in [0.25, 0.3) is 0 Å². The smallest absolute Gasteiger partial charge is 0.223 e. The lowest BCUT2D eigenvalue weighted by Gasteiger charge is -2.27. The van der Waals surface area contributed by atoms with Gasteiger partial charge in [0.2, 0.25) is 5.91 Å². The van der Waals surface area contributed by atoms with Crippen LogP contribution in [0.2, 0.25) is 0 Å². The van der Waals surface area contributed by atoms with Crippen molar-refractivity contribution in [1.29, 1.82) is 0 Å². The van der Waals surface area contributed by atoms with E-state index in [1.165, 1.54) is 0 Å². The molecule has 1 fully saturated rings. The highest BCUT2D eigenvalue weighted by atomic mass is 16.5. The number of methoxy groups -OCH3 is 1. The molecule has 2 atom stereocenters. The molecule has 2 unspecified atom stereocenters. The van der Waals surface area contributed by atoms with Crippen LogP contribution in [0, 0.1) is 5.92 Å². The number of rotatable bonds is 5. The van der Waals surface area contributed by atoms with Gasteiger partial charge in [0.15, 0.2) is 0 Å². The molecule has 4 heteroatoms. The minimum atomic E-state index is 0.0213. The summed E-state index contributed by atoms with van der Waals surface area (Å²) in [6, 6.07) is 7.90. The van der Waals surface area contributed by atoms with Crippen LogP contribution < -0.4 is 10.1 Å². The van der Waals surface area contributed by atoms with Crippen LogP contribution in [0.15, 0.2) is 24.3 Å². The molecule has 1 aliphatic heterocycles. The van der Waals surface area contributed by atoms with Gasteiger partial charge in [-0.15, -0.1) is 0 Å². The number of amides is 1. The average Bonchev–Trinajstić information content (AvgIpc) is 2.98. The van der Waals surface area contributed by atoms with Crippen molar-refractivity contribution in [3.8, 4) is 5.75 Å². The topological polar surface area (TPSA) is 41.6 Å². The van der Waals surface area contributed by atoms with Gasteiger partial charge in [0, 0.05) is 19.0 Å². The van der Waals surface area contributed by atoms with Gasteiger partial charge in [0.05, 0.1) is 13.2 Å². The lowest BCUT2D eigenvalue weighted by molar-refractivity contribution is -0.132. The summed E-state index contributed by atoms with van der Waals surface area (Å²) >= 11 is 0. The third kappa shape index (κ3) is 3.31. The van der Waals surface area contributed by atoms with Crippen LogP contribution in [0.5, 0.6) is 5.75 Å². The predicted octanol–water partition coefficient (Wildman–Crippen LogP) is 2.21. The Labute approximate surface area is 121 Å². The van der Waals surface area contributed by atoms with Gasteiger partial charge < -0.3 is 15.0 Å². The first-order valence-electron chi connectivity index (χ1n) is 7.22. The van der Waals surface area contributed by atoms with Gasteiger partial charge in [-0.2, -0.15) is 0 Å². The monoisotopic (exact) mass is 276 g/mol. The zero-order valence-electron chi connectivity index (χ0n) is 12.6. The Morgan fingerprint density at radius 3 is 2.90 bits per heavy atom. The number of carbonyl (C=O) groups is 1. The molecule has 1 amide bonds. The highest BCUT2D eigenvalue weighted by Crippen LogP contribution is 2.29. The average molecular weight is 276 g/mol. The van der Waals surface area contributed by atoms with Crippen LogP contribution in [0.4, 0.5) is 0 Å². The van der Waals surface area contributed by atoms with E-state index in [0.29, 0.717) is 12.3 Å². The predicted molar refractivity (Wildman–Crippen MR) is 79.8 cm³/mol. The van der Waals surface area contributed by atoms with Crippen LogP contribution in [-0.4, -0.2) is 38.1 Å². The summed E-state index contributed by atoms with van der Waals surface area (Å²) in [6.07, 6.45) is 1.73. The molecule has 1 aliphatic rings. The second-order valence-electron chi connectivity index (χ2n) is 5.49. The summed E-state index contributed by atoms with van der Waals surface area (Å²) in [6.45, 7) is 4.04. The number of hydrogen-bond donors (Lipinski definition) is 1. The molecule has 0 saturated carbocycles. The summed E-state index contributed by atoms with van der Waals surface area (Å²) < 4.78 is 5.38. The number of hydrogen-bond acceptors (Lipinski definition) is 3. The Morgan fingerprint density at radius 2 is 2.25 bits per heavy atom. The van der Waals surface area contributed by atoms with Crippen molar-refractivity contribution in [1.82, 2.24) is 10.2 Å². The molecular formula is C16H24N2O2. The summed E-state index contributed by atoms with van der Waals surface area (Å²) in [5.74, 6) is 1.52. The summed E-state index contributed by atoms with van der Waals surface area (Å²) in [5, 5.41) is 3.31. The molecule has 20 heavy (non-hydrogen) atoms. The molecule has 2 rings (SSSR count). The highest BCUT2D eigenvalue weighted by molar-refractivity contribution is 5.76. The zero-order chi connectivity index (χ0) is 14.5. The van der Waals surface area contributed by atoms with Gasteiger partial charge in [0.1, 0.15) is 5.75 Å². The first kappa shape index (κ1) is 14.9. The Bertz CT molecular complexity index is 456. The Balaban J connectivity index is 2.03. The fourth-order valence-corrected chi connectivity index (χ4v) is 2.72. The van der Waals surface area contributed by atoms with Gasteiger partial charge in [-0.25, -0.2) is 0 Å². The first-order chi connectivity index (χ1) is 9.63.